The molecule has 18 heavy (non-hydrogen) atoms. The lowest BCUT2D eigenvalue weighted by molar-refractivity contribution is -0.130. The third kappa shape index (κ3) is 2.92. The van der Waals surface area contributed by atoms with Crippen LogP contribution in [0.3, 0.4) is 0 Å². The molecule has 3 heteroatoms. The van der Waals surface area contributed by atoms with Gasteiger partial charge in [-0.05, 0) is 18.6 Å². The molecule has 0 spiro atoms. The highest BCUT2D eigenvalue weighted by Crippen LogP contribution is 2.19. The number of unbranched alkanes of at least 4 members (excludes halogenated alkanes) is 1. The van der Waals surface area contributed by atoms with Gasteiger partial charge in [0.05, 0.1) is 6.54 Å². The van der Waals surface area contributed by atoms with Gasteiger partial charge in [0.25, 0.3) is 0 Å². The Kier molecular flexibility index (Phi) is 4.03. The first kappa shape index (κ1) is 12.7. The minimum Gasteiger partial charge on any atom is -0.459 e. The van der Waals surface area contributed by atoms with Gasteiger partial charge in [0.1, 0.15) is 11.3 Å². The lowest BCUT2D eigenvalue weighted by Crippen LogP contribution is -2.25. The molecule has 1 aromatic heterocycles. The molecule has 1 amide bonds. The Bertz CT molecular complexity index is 497. The lowest BCUT2D eigenvalue weighted by atomic mass is 10.2. The number of fused-ring (bicyclic) bond motifs is 1. The number of nitrogens with zero attached hydrogens (tertiary/aromatic N) is 1. The average Bonchev–Trinajstić information content (AvgIpc) is 2.77. The number of benzene rings is 1. The second-order valence-corrected chi connectivity index (χ2v) is 4.60. The van der Waals surface area contributed by atoms with Gasteiger partial charge in [-0.15, -0.1) is 0 Å². The topological polar surface area (TPSA) is 33.5 Å². The maximum atomic E-state index is 11.8. The molecule has 1 heterocycles. The van der Waals surface area contributed by atoms with Crippen LogP contribution in [0.2, 0.25) is 0 Å². The average molecular weight is 245 g/mol. The van der Waals surface area contributed by atoms with Crippen molar-refractivity contribution in [1.82, 2.24) is 4.90 Å². The Morgan fingerprint density at radius 1 is 1.33 bits per heavy atom. The van der Waals surface area contributed by atoms with Crippen LogP contribution in [-0.4, -0.2) is 17.9 Å². The summed E-state index contributed by atoms with van der Waals surface area (Å²) in [6.07, 6.45) is 2.61. The van der Waals surface area contributed by atoms with Gasteiger partial charge in [-0.25, -0.2) is 0 Å². The van der Waals surface area contributed by atoms with Crippen LogP contribution in [0.1, 0.15) is 31.9 Å². The van der Waals surface area contributed by atoms with E-state index in [4.69, 9.17) is 4.42 Å². The predicted octanol–water partition coefficient (Wildman–Crippen LogP) is 3.58. The quantitative estimate of drug-likeness (QED) is 0.806. The monoisotopic (exact) mass is 245 g/mol. The highest BCUT2D eigenvalue weighted by atomic mass is 16.3. The van der Waals surface area contributed by atoms with Gasteiger partial charge >= 0.3 is 0 Å². The number of para-hydroxylation sites is 1. The molecule has 1 aromatic carbocycles. The molecule has 3 nitrogen and oxygen atoms in total. The van der Waals surface area contributed by atoms with Crippen LogP contribution in [0.15, 0.2) is 34.7 Å². The molecule has 96 valence electrons. The van der Waals surface area contributed by atoms with Crippen molar-refractivity contribution in [3.63, 3.8) is 0 Å². The largest absolute Gasteiger partial charge is 0.459 e. The van der Waals surface area contributed by atoms with Crippen LogP contribution in [0.4, 0.5) is 0 Å². The predicted molar refractivity (Wildman–Crippen MR) is 72.2 cm³/mol. The van der Waals surface area contributed by atoms with Crippen molar-refractivity contribution in [2.24, 2.45) is 0 Å². The van der Waals surface area contributed by atoms with Crippen molar-refractivity contribution >= 4 is 16.9 Å². The highest BCUT2D eigenvalue weighted by Gasteiger charge is 2.11. The van der Waals surface area contributed by atoms with Crippen molar-refractivity contribution in [3.05, 3.63) is 36.1 Å². The first-order valence-electron chi connectivity index (χ1n) is 6.42. The van der Waals surface area contributed by atoms with Crippen LogP contribution in [-0.2, 0) is 11.3 Å². The molecular formula is C15H19NO2. The third-order valence-electron chi connectivity index (χ3n) is 3.04. The van der Waals surface area contributed by atoms with Crippen LogP contribution in [0.5, 0.6) is 0 Å². The van der Waals surface area contributed by atoms with E-state index >= 15 is 0 Å². The molecule has 0 unspecified atom stereocenters. The maximum Gasteiger partial charge on any atom is 0.222 e. The van der Waals surface area contributed by atoms with Crippen molar-refractivity contribution in [2.45, 2.75) is 32.7 Å². The molecule has 0 saturated heterocycles. The molecule has 0 aliphatic carbocycles. The molecule has 0 N–H and O–H groups in total. The molecule has 0 aliphatic heterocycles. The van der Waals surface area contributed by atoms with Gasteiger partial charge in [-0.2, -0.15) is 0 Å². The fourth-order valence-electron chi connectivity index (χ4n) is 1.96. The zero-order chi connectivity index (χ0) is 13.0. The van der Waals surface area contributed by atoms with E-state index in [1.54, 1.807) is 4.90 Å². The highest BCUT2D eigenvalue weighted by molar-refractivity contribution is 5.78. The summed E-state index contributed by atoms with van der Waals surface area (Å²) in [5.74, 6) is 1.01. The standard InChI is InChI=1S/C15H19NO2/c1-3-4-9-15(17)16(2)11-13-10-12-7-5-6-8-14(12)18-13/h5-8,10H,3-4,9,11H2,1-2H3. The summed E-state index contributed by atoms with van der Waals surface area (Å²) in [6, 6.07) is 9.89. The van der Waals surface area contributed by atoms with E-state index in [9.17, 15) is 4.79 Å². The summed E-state index contributed by atoms with van der Waals surface area (Å²) in [7, 11) is 1.82. The molecule has 0 radical (unpaired) electrons. The summed E-state index contributed by atoms with van der Waals surface area (Å²) in [6.45, 7) is 2.63. The number of rotatable bonds is 5. The molecular weight excluding hydrogens is 226 g/mol. The maximum absolute atomic E-state index is 11.8. The Labute approximate surface area is 107 Å². The third-order valence-corrected chi connectivity index (χ3v) is 3.04. The molecule has 0 bridgehead atoms. The minimum absolute atomic E-state index is 0.178. The van der Waals surface area contributed by atoms with Crippen molar-refractivity contribution < 1.29 is 9.21 Å². The fraction of sp³-hybridized carbons (Fsp3) is 0.400. The van der Waals surface area contributed by atoms with E-state index in [1.807, 2.05) is 37.4 Å². The number of carbonyl (C=O) groups is 1. The summed E-state index contributed by atoms with van der Waals surface area (Å²) >= 11 is 0. The lowest BCUT2D eigenvalue weighted by Gasteiger charge is -2.15. The van der Waals surface area contributed by atoms with E-state index < -0.39 is 0 Å². The minimum atomic E-state index is 0.178. The van der Waals surface area contributed by atoms with E-state index in [0.717, 1.165) is 29.6 Å². The second-order valence-electron chi connectivity index (χ2n) is 4.60. The summed E-state index contributed by atoms with van der Waals surface area (Å²) in [5.41, 5.74) is 0.877. The molecule has 0 aliphatic rings. The van der Waals surface area contributed by atoms with Gasteiger partial charge in [0.15, 0.2) is 0 Å². The Balaban J connectivity index is 2.02. The molecule has 2 aromatic rings. The van der Waals surface area contributed by atoms with E-state index in [0.29, 0.717) is 13.0 Å². The number of hydrogen-bond donors (Lipinski definition) is 0. The van der Waals surface area contributed by atoms with Crippen LogP contribution < -0.4 is 0 Å². The van der Waals surface area contributed by atoms with Gasteiger partial charge in [-0.3, -0.25) is 4.79 Å². The Morgan fingerprint density at radius 3 is 2.83 bits per heavy atom. The molecule has 0 atom stereocenters. The number of amides is 1. The Hall–Kier alpha value is -1.77. The van der Waals surface area contributed by atoms with Crippen molar-refractivity contribution in [3.8, 4) is 0 Å². The zero-order valence-corrected chi connectivity index (χ0v) is 11.0. The zero-order valence-electron chi connectivity index (χ0n) is 11.0. The smallest absolute Gasteiger partial charge is 0.222 e. The molecule has 0 saturated carbocycles. The number of carbonyl (C=O) groups excluding carboxylic acids is 1. The summed E-state index contributed by atoms with van der Waals surface area (Å²) < 4.78 is 5.70. The van der Waals surface area contributed by atoms with E-state index in [1.165, 1.54) is 0 Å². The normalized spacial score (nSPS) is 10.8. The van der Waals surface area contributed by atoms with Gasteiger partial charge in [0.2, 0.25) is 5.91 Å². The van der Waals surface area contributed by atoms with Gasteiger partial charge in [0, 0.05) is 18.9 Å². The van der Waals surface area contributed by atoms with Crippen LogP contribution >= 0.6 is 0 Å². The van der Waals surface area contributed by atoms with Crippen molar-refractivity contribution in [2.75, 3.05) is 7.05 Å². The number of furan rings is 1. The summed E-state index contributed by atoms with van der Waals surface area (Å²) in [5, 5.41) is 1.09. The Morgan fingerprint density at radius 2 is 2.11 bits per heavy atom. The SMILES string of the molecule is CCCCC(=O)N(C)Cc1cc2ccccc2o1. The molecule has 0 fully saturated rings. The first-order chi connectivity index (χ1) is 8.70. The van der Waals surface area contributed by atoms with E-state index in [-0.39, 0.29) is 5.91 Å². The summed E-state index contributed by atoms with van der Waals surface area (Å²) in [4.78, 5) is 13.5. The first-order valence-corrected chi connectivity index (χ1v) is 6.42. The fourth-order valence-corrected chi connectivity index (χ4v) is 1.96. The number of hydrogen-bond acceptors (Lipinski definition) is 2. The van der Waals surface area contributed by atoms with Gasteiger partial charge < -0.3 is 9.32 Å². The van der Waals surface area contributed by atoms with Crippen LogP contribution in [0.25, 0.3) is 11.0 Å². The van der Waals surface area contributed by atoms with Crippen molar-refractivity contribution in [1.29, 1.82) is 0 Å². The molecule has 2 rings (SSSR count). The van der Waals surface area contributed by atoms with Gasteiger partial charge in [-0.1, -0.05) is 31.5 Å². The second kappa shape index (κ2) is 5.71. The van der Waals surface area contributed by atoms with E-state index in [2.05, 4.69) is 6.92 Å². The van der Waals surface area contributed by atoms with Crippen LogP contribution in [0, 0.1) is 0 Å².